The summed E-state index contributed by atoms with van der Waals surface area (Å²) in [7, 11) is 0. The number of hydrogen-bond acceptors (Lipinski definition) is 2. The smallest absolute Gasteiger partial charge is 0.165 e. The van der Waals surface area contributed by atoms with Gasteiger partial charge in [-0.2, -0.15) is 0 Å². The molecule has 2 atom stereocenters. The number of ketones is 1. The van der Waals surface area contributed by atoms with Crippen LogP contribution in [0.1, 0.15) is 43.0 Å². The molecule has 2 unspecified atom stereocenters. The third-order valence-corrected chi connectivity index (χ3v) is 4.50. The molecule has 0 aliphatic carbocycles. The van der Waals surface area contributed by atoms with Gasteiger partial charge < -0.3 is 5.32 Å². The maximum Gasteiger partial charge on any atom is 0.165 e. The Morgan fingerprint density at radius 1 is 1.53 bits per heavy atom. The Morgan fingerprint density at radius 3 is 3.00 bits per heavy atom. The summed E-state index contributed by atoms with van der Waals surface area (Å²) < 4.78 is 13.6. The maximum absolute atomic E-state index is 13.0. The Labute approximate surface area is 121 Å². The molecule has 1 fully saturated rings. The summed E-state index contributed by atoms with van der Waals surface area (Å²) in [5, 5.41) is 3.40. The normalized spacial score (nSPS) is 23.3. The van der Waals surface area contributed by atoms with E-state index in [2.05, 4.69) is 28.2 Å². The lowest BCUT2D eigenvalue weighted by molar-refractivity contribution is 0.0956. The van der Waals surface area contributed by atoms with E-state index in [1.54, 1.807) is 6.07 Å². The summed E-state index contributed by atoms with van der Waals surface area (Å²) in [6.45, 7) is 3.19. The van der Waals surface area contributed by atoms with Crippen LogP contribution in [0.25, 0.3) is 0 Å². The fraction of sp³-hybridized carbons (Fsp3) is 0.533. The summed E-state index contributed by atoms with van der Waals surface area (Å²) in [5.41, 5.74) is 0.571. The second kappa shape index (κ2) is 6.62. The van der Waals surface area contributed by atoms with E-state index < -0.39 is 0 Å². The minimum Gasteiger partial charge on any atom is -0.314 e. The van der Waals surface area contributed by atoms with Crippen LogP contribution in [0.5, 0.6) is 0 Å². The van der Waals surface area contributed by atoms with Crippen LogP contribution in [0, 0.1) is 11.7 Å². The molecule has 2 rings (SSSR count). The van der Waals surface area contributed by atoms with Gasteiger partial charge in [-0.05, 0) is 59.4 Å². The molecule has 1 N–H and O–H groups in total. The zero-order valence-corrected chi connectivity index (χ0v) is 12.7. The number of benzene rings is 1. The molecule has 4 heteroatoms. The predicted molar refractivity (Wildman–Crippen MR) is 77.9 cm³/mol. The zero-order chi connectivity index (χ0) is 13.8. The summed E-state index contributed by atoms with van der Waals surface area (Å²) in [6.07, 6.45) is 3.91. The molecule has 0 bridgehead atoms. The minimum absolute atomic E-state index is 0.0705. The molecular formula is C15H19BrFNO. The fourth-order valence-corrected chi connectivity index (χ4v) is 3.24. The highest BCUT2D eigenvalue weighted by Crippen LogP contribution is 2.24. The van der Waals surface area contributed by atoms with E-state index in [1.807, 2.05) is 0 Å². The van der Waals surface area contributed by atoms with Gasteiger partial charge in [0.2, 0.25) is 0 Å². The Hall–Kier alpha value is -0.740. The van der Waals surface area contributed by atoms with Gasteiger partial charge in [0.1, 0.15) is 5.82 Å². The molecule has 1 heterocycles. The van der Waals surface area contributed by atoms with Gasteiger partial charge in [-0.25, -0.2) is 4.39 Å². The topological polar surface area (TPSA) is 29.1 Å². The highest BCUT2D eigenvalue weighted by atomic mass is 79.9. The van der Waals surface area contributed by atoms with Crippen molar-refractivity contribution in [1.29, 1.82) is 0 Å². The van der Waals surface area contributed by atoms with Crippen LogP contribution < -0.4 is 5.32 Å². The van der Waals surface area contributed by atoms with E-state index >= 15 is 0 Å². The number of rotatable bonds is 4. The van der Waals surface area contributed by atoms with Gasteiger partial charge >= 0.3 is 0 Å². The third kappa shape index (κ3) is 3.86. The van der Waals surface area contributed by atoms with Crippen LogP contribution >= 0.6 is 15.9 Å². The molecule has 1 aliphatic rings. The predicted octanol–water partition coefficient (Wildman–Crippen LogP) is 3.94. The molecule has 0 amide bonds. The first kappa shape index (κ1) is 14.7. The van der Waals surface area contributed by atoms with Gasteiger partial charge in [0.25, 0.3) is 0 Å². The van der Waals surface area contributed by atoms with Crippen molar-refractivity contribution in [2.45, 2.75) is 38.6 Å². The molecule has 19 heavy (non-hydrogen) atoms. The van der Waals surface area contributed by atoms with Crippen molar-refractivity contribution in [3.8, 4) is 0 Å². The zero-order valence-electron chi connectivity index (χ0n) is 11.1. The molecule has 104 valence electrons. The molecule has 0 aromatic heterocycles. The van der Waals surface area contributed by atoms with Gasteiger partial charge in [-0.15, -0.1) is 0 Å². The van der Waals surface area contributed by atoms with Gasteiger partial charge in [0.05, 0.1) is 0 Å². The van der Waals surface area contributed by atoms with Crippen LogP contribution in [-0.4, -0.2) is 18.4 Å². The number of hydrogen-bond donors (Lipinski definition) is 1. The van der Waals surface area contributed by atoms with Gasteiger partial charge in [0.15, 0.2) is 5.78 Å². The largest absolute Gasteiger partial charge is 0.314 e. The molecule has 0 saturated carbocycles. The van der Waals surface area contributed by atoms with Crippen LogP contribution in [-0.2, 0) is 0 Å². The lowest BCUT2D eigenvalue weighted by Crippen LogP contribution is -2.39. The van der Waals surface area contributed by atoms with Crippen molar-refractivity contribution in [1.82, 2.24) is 5.32 Å². The van der Waals surface area contributed by atoms with Crippen molar-refractivity contribution in [2.24, 2.45) is 5.92 Å². The van der Waals surface area contributed by atoms with E-state index in [-0.39, 0.29) is 17.6 Å². The molecule has 1 aromatic carbocycles. The monoisotopic (exact) mass is 327 g/mol. The molecule has 1 aromatic rings. The number of Topliss-reactive ketones (excluding diaryl/α,β-unsaturated/α-hetero) is 1. The summed E-state index contributed by atoms with van der Waals surface area (Å²) in [6, 6.07) is 4.49. The van der Waals surface area contributed by atoms with Crippen molar-refractivity contribution < 1.29 is 9.18 Å². The van der Waals surface area contributed by atoms with E-state index in [0.717, 1.165) is 18.9 Å². The van der Waals surface area contributed by atoms with Crippen LogP contribution in [0.3, 0.4) is 0 Å². The SMILES string of the molecule is CCC1CCNC(CC(=O)c2ccc(F)cc2Br)C1. The number of nitrogens with one attached hydrogen (secondary N) is 1. The van der Waals surface area contributed by atoms with Gasteiger partial charge in [-0.1, -0.05) is 13.3 Å². The Bertz CT molecular complexity index is 463. The highest BCUT2D eigenvalue weighted by Gasteiger charge is 2.23. The molecule has 1 aliphatic heterocycles. The molecule has 0 radical (unpaired) electrons. The average Bonchev–Trinajstić information content (AvgIpc) is 2.38. The summed E-state index contributed by atoms with van der Waals surface area (Å²) in [4.78, 5) is 12.2. The molecule has 0 spiro atoms. The number of halogens is 2. The van der Waals surface area contributed by atoms with Crippen molar-refractivity contribution in [3.63, 3.8) is 0 Å². The highest BCUT2D eigenvalue weighted by molar-refractivity contribution is 9.10. The Morgan fingerprint density at radius 2 is 2.32 bits per heavy atom. The molecule has 1 saturated heterocycles. The summed E-state index contributed by atoms with van der Waals surface area (Å²) in [5.74, 6) is 0.460. The number of carbonyl (C=O) groups is 1. The first-order chi connectivity index (χ1) is 9.10. The van der Waals surface area contributed by atoms with Crippen LogP contribution in [0.4, 0.5) is 4.39 Å². The number of carbonyl (C=O) groups excluding carboxylic acids is 1. The van der Waals surface area contributed by atoms with Gasteiger partial charge in [0, 0.05) is 22.5 Å². The first-order valence-corrected chi connectivity index (χ1v) is 7.61. The maximum atomic E-state index is 13.0. The standard InChI is InChI=1S/C15H19BrFNO/c1-2-10-5-6-18-12(7-10)9-15(19)13-4-3-11(17)8-14(13)16/h3-4,8,10,12,18H,2,5-7,9H2,1H3. The number of piperidine rings is 1. The van der Waals surface area contributed by atoms with Crippen LogP contribution in [0.2, 0.25) is 0 Å². The van der Waals surface area contributed by atoms with E-state index in [9.17, 15) is 9.18 Å². The Kier molecular flexibility index (Phi) is 5.11. The average molecular weight is 328 g/mol. The Balaban J connectivity index is 2.00. The van der Waals surface area contributed by atoms with Gasteiger partial charge in [-0.3, -0.25) is 4.79 Å². The fourth-order valence-electron chi connectivity index (χ4n) is 2.67. The quantitative estimate of drug-likeness (QED) is 0.848. The molecular weight excluding hydrogens is 309 g/mol. The second-order valence-electron chi connectivity index (χ2n) is 5.20. The van der Waals surface area contributed by atoms with Crippen molar-refractivity contribution >= 4 is 21.7 Å². The van der Waals surface area contributed by atoms with Crippen molar-refractivity contribution in [3.05, 3.63) is 34.1 Å². The van der Waals surface area contributed by atoms with Crippen molar-refractivity contribution in [2.75, 3.05) is 6.54 Å². The lowest BCUT2D eigenvalue weighted by Gasteiger charge is -2.29. The minimum atomic E-state index is -0.328. The third-order valence-electron chi connectivity index (χ3n) is 3.84. The second-order valence-corrected chi connectivity index (χ2v) is 6.06. The van der Waals surface area contributed by atoms with E-state index in [4.69, 9.17) is 0 Å². The summed E-state index contributed by atoms with van der Waals surface area (Å²) >= 11 is 3.26. The van der Waals surface area contributed by atoms with E-state index in [0.29, 0.717) is 16.5 Å². The van der Waals surface area contributed by atoms with E-state index in [1.165, 1.54) is 25.0 Å². The lowest BCUT2D eigenvalue weighted by atomic mass is 9.87. The van der Waals surface area contributed by atoms with Crippen LogP contribution in [0.15, 0.2) is 22.7 Å². The first-order valence-electron chi connectivity index (χ1n) is 6.81. The molecule has 2 nitrogen and oxygen atoms in total.